The van der Waals surface area contributed by atoms with Crippen LogP contribution < -0.4 is 21.7 Å². The van der Waals surface area contributed by atoms with E-state index in [9.17, 15) is 19.8 Å². The van der Waals surface area contributed by atoms with Crippen LogP contribution in [-0.4, -0.2) is 25.0 Å². The molecule has 0 aromatic rings. The number of hydrogen-bond donors (Lipinski definition) is 2. The number of rotatable bonds is 2. The molecule has 0 aliphatic carbocycles. The summed E-state index contributed by atoms with van der Waals surface area (Å²) < 4.78 is 0. The van der Waals surface area contributed by atoms with Crippen LogP contribution in [0.3, 0.4) is 0 Å². The second-order valence-electron chi connectivity index (χ2n) is 2.36. The van der Waals surface area contributed by atoms with Gasteiger partial charge in [0.25, 0.3) is 0 Å². The van der Waals surface area contributed by atoms with Crippen LogP contribution in [-0.2, 0) is 9.59 Å². The smallest absolute Gasteiger partial charge is 0.0711 e. The normalized spacial score (nSPS) is 7.86. The largest absolute Gasteiger partial charge is 0.549 e. The van der Waals surface area contributed by atoms with Crippen LogP contribution in [0.15, 0.2) is 0 Å². The maximum atomic E-state index is 9.61. The van der Waals surface area contributed by atoms with Gasteiger partial charge in [-0.25, -0.2) is 0 Å². The van der Waals surface area contributed by atoms with Gasteiger partial charge in [0, 0.05) is 17.9 Å². The van der Waals surface area contributed by atoms with Crippen molar-refractivity contribution in [1.29, 1.82) is 0 Å². The molecule has 0 fully saturated rings. The highest BCUT2D eigenvalue weighted by Crippen LogP contribution is 1.86. The Morgan fingerprint density at radius 1 is 1.07 bits per heavy atom. The number of aliphatic carboxylic acids is 2. The fraction of sp³-hybridized carbons (Fsp3) is 0.750. The highest BCUT2D eigenvalue weighted by molar-refractivity contribution is 5.90. The van der Waals surface area contributed by atoms with E-state index in [-0.39, 0.29) is 0 Å². The van der Waals surface area contributed by atoms with Gasteiger partial charge in [-0.3, -0.25) is 0 Å². The minimum atomic E-state index is -1.62. The number of hydrogen-bond acceptors (Lipinski definition) is 4. The average Bonchev–Trinajstić information content (AvgIpc) is 2.05. The molecule has 0 saturated heterocycles. The van der Waals surface area contributed by atoms with Gasteiger partial charge < -0.3 is 31.3 Å². The molecule has 0 rings (SSSR count). The van der Waals surface area contributed by atoms with Crippen molar-refractivity contribution in [2.24, 2.45) is 5.92 Å². The number of carboxylic acid groups (broad SMARTS) is 2. The zero-order valence-corrected chi connectivity index (χ0v) is 9.04. The Morgan fingerprint density at radius 3 is 1.21 bits per heavy atom. The van der Waals surface area contributed by atoms with Crippen molar-refractivity contribution >= 4 is 11.9 Å². The van der Waals surface area contributed by atoms with Crippen LogP contribution >= 0.6 is 0 Å². The SMILES string of the molecule is CC(C(=O)[O-])C(=O)[O-].CC[NH3+].CC[NH3+]. The summed E-state index contributed by atoms with van der Waals surface area (Å²) in [7, 11) is 0. The lowest BCUT2D eigenvalue weighted by Crippen LogP contribution is -2.48. The van der Waals surface area contributed by atoms with E-state index in [1.807, 2.05) is 13.8 Å². The van der Waals surface area contributed by atoms with E-state index >= 15 is 0 Å². The molecule has 86 valence electrons. The maximum absolute atomic E-state index is 9.61. The van der Waals surface area contributed by atoms with Crippen molar-refractivity contribution < 1.29 is 31.3 Å². The van der Waals surface area contributed by atoms with E-state index in [2.05, 4.69) is 11.5 Å². The zero-order valence-electron chi connectivity index (χ0n) is 9.04. The average molecular weight is 208 g/mol. The van der Waals surface area contributed by atoms with Gasteiger partial charge in [0.2, 0.25) is 0 Å². The monoisotopic (exact) mass is 208 g/mol. The van der Waals surface area contributed by atoms with E-state index in [1.54, 1.807) is 0 Å². The van der Waals surface area contributed by atoms with Gasteiger partial charge in [0.05, 0.1) is 13.1 Å². The molecule has 0 atom stereocenters. The first-order valence-corrected chi connectivity index (χ1v) is 4.39. The summed E-state index contributed by atoms with van der Waals surface area (Å²) in [4.78, 5) is 19.2. The van der Waals surface area contributed by atoms with Gasteiger partial charge in [-0.2, -0.15) is 0 Å². The Hall–Kier alpha value is -1.14. The Morgan fingerprint density at radius 2 is 1.21 bits per heavy atom. The van der Waals surface area contributed by atoms with Crippen LogP contribution in [0.1, 0.15) is 20.8 Å². The highest BCUT2D eigenvalue weighted by atomic mass is 16.4. The fourth-order valence-electron chi connectivity index (χ4n) is 0.0962. The summed E-state index contributed by atoms with van der Waals surface area (Å²) in [6.45, 7) is 7.02. The standard InChI is InChI=1S/C4H6O4.2C2H7N/c1-2(3(5)6)4(7)8;2*1-2-3/h2H,1H3,(H,5,6)(H,7,8);2*2-3H2,1H3. The van der Waals surface area contributed by atoms with Crippen molar-refractivity contribution in [3.63, 3.8) is 0 Å². The minimum Gasteiger partial charge on any atom is -0.549 e. The predicted octanol–water partition coefficient (Wildman–Crippen LogP) is -4.38. The quantitative estimate of drug-likeness (QED) is 0.443. The second kappa shape index (κ2) is 14.4. The van der Waals surface area contributed by atoms with Crippen molar-refractivity contribution in [2.45, 2.75) is 20.8 Å². The van der Waals surface area contributed by atoms with Gasteiger partial charge in [-0.05, 0) is 13.8 Å². The van der Waals surface area contributed by atoms with Crippen LogP contribution in [0.4, 0.5) is 0 Å². The molecule has 0 heterocycles. The zero-order chi connectivity index (χ0) is 12.1. The van der Waals surface area contributed by atoms with Gasteiger partial charge in [-0.15, -0.1) is 0 Å². The molecule has 0 bridgehead atoms. The molecular weight excluding hydrogens is 188 g/mol. The summed E-state index contributed by atoms with van der Waals surface area (Å²) in [6.07, 6.45) is 0. The third kappa shape index (κ3) is 22.4. The van der Waals surface area contributed by atoms with E-state index in [4.69, 9.17) is 0 Å². The van der Waals surface area contributed by atoms with Gasteiger partial charge in [0.1, 0.15) is 0 Å². The topological polar surface area (TPSA) is 136 Å². The first-order chi connectivity index (χ1) is 6.38. The fourth-order valence-corrected chi connectivity index (χ4v) is 0.0962. The summed E-state index contributed by atoms with van der Waals surface area (Å²) in [5.74, 6) is -4.76. The van der Waals surface area contributed by atoms with Gasteiger partial charge >= 0.3 is 0 Å². The molecule has 0 unspecified atom stereocenters. The molecule has 0 aromatic heterocycles. The number of carboxylic acids is 2. The van der Waals surface area contributed by atoms with Crippen LogP contribution in [0, 0.1) is 5.92 Å². The Kier molecular flexibility index (Phi) is 19.1. The predicted molar refractivity (Wildman–Crippen MR) is 46.0 cm³/mol. The summed E-state index contributed by atoms with van der Waals surface area (Å²) in [5.41, 5.74) is 6.97. The molecular formula is C8H20N2O4. The molecule has 0 saturated carbocycles. The third-order valence-corrected chi connectivity index (χ3v) is 0.707. The lowest BCUT2D eigenvalue weighted by molar-refractivity contribution is -0.362. The number of quaternary nitrogens is 2. The van der Waals surface area contributed by atoms with Crippen molar-refractivity contribution in [2.75, 3.05) is 13.1 Å². The summed E-state index contributed by atoms with van der Waals surface area (Å²) >= 11 is 0. The maximum Gasteiger partial charge on any atom is 0.0711 e. The lowest BCUT2D eigenvalue weighted by atomic mass is 10.2. The molecule has 0 amide bonds. The van der Waals surface area contributed by atoms with Crippen LogP contribution in [0.5, 0.6) is 0 Å². The molecule has 6 heteroatoms. The van der Waals surface area contributed by atoms with Crippen LogP contribution in [0.2, 0.25) is 0 Å². The second-order valence-corrected chi connectivity index (χ2v) is 2.36. The lowest BCUT2D eigenvalue weighted by Gasteiger charge is -2.11. The molecule has 6 N–H and O–H groups in total. The Labute approximate surface area is 83.9 Å². The van der Waals surface area contributed by atoms with Gasteiger partial charge in [-0.1, -0.05) is 6.92 Å². The van der Waals surface area contributed by atoms with E-state index in [1.165, 1.54) is 0 Å². The van der Waals surface area contributed by atoms with Crippen LogP contribution in [0.25, 0.3) is 0 Å². The molecule has 0 radical (unpaired) electrons. The highest BCUT2D eigenvalue weighted by Gasteiger charge is 2.00. The first kappa shape index (κ1) is 18.6. The summed E-state index contributed by atoms with van der Waals surface area (Å²) in [5, 5.41) is 19.2. The van der Waals surface area contributed by atoms with E-state index < -0.39 is 17.9 Å². The minimum absolute atomic E-state index is 0.991. The third-order valence-electron chi connectivity index (χ3n) is 0.707. The Balaban J connectivity index is -0.000000168. The summed E-state index contributed by atoms with van der Waals surface area (Å²) in [6, 6.07) is 0. The molecule has 0 aromatic carbocycles. The van der Waals surface area contributed by atoms with Crippen molar-refractivity contribution in [3.05, 3.63) is 0 Å². The molecule has 0 spiro atoms. The van der Waals surface area contributed by atoms with E-state index in [0.29, 0.717) is 0 Å². The molecule has 6 nitrogen and oxygen atoms in total. The number of carbonyl (C=O) groups excluding carboxylic acids is 2. The van der Waals surface area contributed by atoms with Crippen molar-refractivity contribution in [3.8, 4) is 0 Å². The van der Waals surface area contributed by atoms with Gasteiger partial charge in [0.15, 0.2) is 0 Å². The van der Waals surface area contributed by atoms with E-state index in [0.717, 1.165) is 20.0 Å². The Bertz CT molecular complexity index is 134. The number of carbonyl (C=O) groups is 2. The molecule has 0 aliphatic heterocycles. The van der Waals surface area contributed by atoms with Crippen molar-refractivity contribution in [1.82, 2.24) is 0 Å². The molecule has 0 aliphatic rings. The first-order valence-electron chi connectivity index (χ1n) is 4.39. The molecule has 14 heavy (non-hydrogen) atoms.